The molecule has 1 aliphatic heterocycles. The molecule has 4 nitrogen and oxygen atoms in total. The molecule has 0 radical (unpaired) electrons. The average molecular weight is 336 g/mol. The fraction of sp³-hybridized carbons (Fsp3) is 0.667. The van der Waals surface area contributed by atoms with E-state index in [1.165, 1.54) is 5.69 Å². The van der Waals surface area contributed by atoms with Crippen LogP contribution in [0.5, 0.6) is 0 Å². The van der Waals surface area contributed by atoms with Gasteiger partial charge in [0.15, 0.2) is 8.32 Å². The van der Waals surface area contributed by atoms with Crippen LogP contribution in [-0.2, 0) is 4.43 Å². The van der Waals surface area contributed by atoms with Crippen LogP contribution in [0.4, 0.5) is 5.69 Å². The summed E-state index contributed by atoms with van der Waals surface area (Å²) in [5.41, 5.74) is 1.18. The lowest BCUT2D eigenvalue weighted by atomic mass is 10.2. The van der Waals surface area contributed by atoms with Gasteiger partial charge < -0.3 is 15.1 Å². The molecular formula is C18H33N3OSi. The van der Waals surface area contributed by atoms with Crippen molar-refractivity contribution in [2.24, 2.45) is 0 Å². The van der Waals surface area contributed by atoms with E-state index in [0.717, 1.165) is 32.8 Å². The fourth-order valence-electron chi connectivity index (χ4n) is 2.52. The molecule has 23 heavy (non-hydrogen) atoms. The molecule has 1 unspecified atom stereocenters. The van der Waals surface area contributed by atoms with Crippen molar-refractivity contribution >= 4 is 14.0 Å². The molecule has 0 saturated carbocycles. The SMILES string of the molecule is CC(C)(C)[Si](C)(C)OCCN1CCNCC1Nc1ccccc1. The summed E-state index contributed by atoms with van der Waals surface area (Å²) >= 11 is 0. The maximum absolute atomic E-state index is 6.34. The summed E-state index contributed by atoms with van der Waals surface area (Å²) in [5.74, 6) is 0. The van der Waals surface area contributed by atoms with Gasteiger partial charge >= 0.3 is 0 Å². The van der Waals surface area contributed by atoms with Crippen LogP contribution in [0.3, 0.4) is 0 Å². The Bertz CT molecular complexity index is 473. The lowest BCUT2D eigenvalue weighted by molar-refractivity contribution is 0.143. The topological polar surface area (TPSA) is 36.5 Å². The summed E-state index contributed by atoms with van der Waals surface area (Å²) in [6.45, 7) is 16.4. The second kappa shape index (κ2) is 7.79. The van der Waals surface area contributed by atoms with Gasteiger partial charge in [-0.3, -0.25) is 4.90 Å². The van der Waals surface area contributed by atoms with Crippen molar-refractivity contribution in [1.82, 2.24) is 10.2 Å². The molecule has 1 heterocycles. The number of para-hydroxylation sites is 1. The van der Waals surface area contributed by atoms with Crippen LogP contribution in [0.15, 0.2) is 30.3 Å². The first kappa shape index (κ1) is 18.5. The summed E-state index contributed by atoms with van der Waals surface area (Å²) in [6, 6.07) is 10.4. The van der Waals surface area contributed by atoms with Crippen molar-refractivity contribution in [1.29, 1.82) is 0 Å². The third-order valence-corrected chi connectivity index (χ3v) is 9.65. The summed E-state index contributed by atoms with van der Waals surface area (Å²) in [7, 11) is -1.65. The number of anilines is 1. The van der Waals surface area contributed by atoms with Gasteiger partial charge in [0.05, 0.1) is 6.17 Å². The highest BCUT2D eigenvalue weighted by Gasteiger charge is 2.37. The van der Waals surface area contributed by atoms with Gasteiger partial charge in [-0.25, -0.2) is 0 Å². The Kier molecular flexibility index (Phi) is 6.25. The van der Waals surface area contributed by atoms with E-state index >= 15 is 0 Å². The van der Waals surface area contributed by atoms with E-state index in [1.54, 1.807) is 0 Å². The zero-order chi connectivity index (χ0) is 16.9. The molecule has 0 amide bonds. The number of nitrogens with one attached hydrogen (secondary N) is 2. The Labute approximate surface area is 142 Å². The molecule has 0 aliphatic carbocycles. The second-order valence-corrected chi connectivity index (χ2v) is 12.7. The maximum atomic E-state index is 6.34. The van der Waals surface area contributed by atoms with Crippen molar-refractivity contribution in [3.63, 3.8) is 0 Å². The van der Waals surface area contributed by atoms with Gasteiger partial charge in [0.1, 0.15) is 0 Å². The van der Waals surface area contributed by atoms with Crippen LogP contribution in [0, 0.1) is 0 Å². The van der Waals surface area contributed by atoms with Gasteiger partial charge in [-0.1, -0.05) is 39.0 Å². The van der Waals surface area contributed by atoms with Gasteiger partial charge in [-0.15, -0.1) is 0 Å². The van der Waals surface area contributed by atoms with Gasteiger partial charge in [0.25, 0.3) is 0 Å². The number of piperazine rings is 1. The molecule has 2 rings (SSSR count). The van der Waals surface area contributed by atoms with Crippen molar-refractivity contribution in [3.05, 3.63) is 30.3 Å². The van der Waals surface area contributed by atoms with E-state index in [2.05, 4.69) is 79.7 Å². The average Bonchev–Trinajstić information content (AvgIpc) is 2.49. The molecule has 0 bridgehead atoms. The lowest BCUT2D eigenvalue weighted by Gasteiger charge is -2.39. The molecule has 1 saturated heterocycles. The van der Waals surface area contributed by atoms with Gasteiger partial charge in [-0.2, -0.15) is 0 Å². The van der Waals surface area contributed by atoms with Crippen molar-refractivity contribution in [2.45, 2.75) is 45.1 Å². The third kappa shape index (κ3) is 5.31. The predicted octanol–water partition coefficient (Wildman–Crippen LogP) is 3.35. The number of nitrogens with zero attached hydrogens (tertiary/aromatic N) is 1. The zero-order valence-electron chi connectivity index (χ0n) is 15.4. The van der Waals surface area contributed by atoms with Gasteiger partial charge in [0, 0.05) is 38.5 Å². The van der Waals surface area contributed by atoms with Crippen LogP contribution in [0.2, 0.25) is 18.1 Å². The minimum Gasteiger partial charge on any atom is -0.416 e. The molecule has 1 aromatic carbocycles. The van der Waals surface area contributed by atoms with Crippen LogP contribution in [-0.4, -0.2) is 52.2 Å². The van der Waals surface area contributed by atoms with E-state index in [9.17, 15) is 0 Å². The Hall–Kier alpha value is -0.883. The lowest BCUT2D eigenvalue weighted by Crippen LogP contribution is -2.56. The standard InChI is InChI=1S/C18H33N3OSi/c1-18(2,3)23(4,5)22-14-13-21-12-11-19-15-17(21)20-16-9-7-6-8-10-16/h6-10,17,19-20H,11-15H2,1-5H3. The Morgan fingerprint density at radius 2 is 1.96 bits per heavy atom. The molecule has 1 atom stereocenters. The summed E-state index contributed by atoms with van der Waals surface area (Å²) in [5, 5.41) is 7.38. The highest BCUT2D eigenvalue weighted by Crippen LogP contribution is 2.36. The van der Waals surface area contributed by atoms with E-state index in [1.807, 2.05) is 0 Å². The Morgan fingerprint density at radius 1 is 1.26 bits per heavy atom. The normalized spacial score (nSPS) is 20.5. The quantitative estimate of drug-likeness (QED) is 0.782. The highest BCUT2D eigenvalue weighted by atomic mass is 28.4. The van der Waals surface area contributed by atoms with Crippen LogP contribution < -0.4 is 10.6 Å². The largest absolute Gasteiger partial charge is 0.416 e. The maximum Gasteiger partial charge on any atom is 0.192 e. The summed E-state index contributed by atoms with van der Waals surface area (Å²) in [4.78, 5) is 2.50. The molecule has 1 fully saturated rings. The molecular weight excluding hydrogens is 302 g/mol. The number of rotatable bonds is 6. The molecule has 0 aromatic heterocycles. The molecule has 1 aliphatic rings. The van der Waals surface area contributed by atoms with Crippen molar-refractivity contribution in [3.8, 4) is 0 Å². The number of hydrogen-bond donors (Lipinski definition) is 2. The van der Waals surface area contributed by atoms with Crippen molar-refractivity contribution in [2.75, 3.05) is 38.1 Å². The van der Waals surface area contributed by atoms with E-state index in [4.69, 9.17) is 4.43 Å². The zero-order valence-corrected chi connectivity index (χ0v) is 16.4. The third-order valence-electron chi connectivity index (χ3n) is 5.11. The Balaban J connectivity index is 1.87. The van der Waals surface area contributed by atoms with Crippen LogP contribution >= 0.6 is 0 Å². The van der Waals surface area contributed by atoms with E-state index in [-0.39, 0.29) is 5.04 Å². The highest BCUT2D eigenvalue weighted by molar-refractivity contribution is 6.74. The molecule has 2 N–H and O–H groups in total. The van der Waals surface area contributed by atoms with Gasteiger partial charge in [-0.05, 0) is 30.3 Å². The first-order valence-electron chi connectivity index (χ1n) is 8.70. The summed E-state index contributed by atoms with van der Waals surface area (Å²) in [6.07, 6.45) is 0.328. The number of hydrogen-bond acceptors (Lipinski definition) is 4. The monoisotopic (exact) mass is 335 g/mol. The fourth-order valence-corrected chi connectivity index (χ4v) is 3.55. The summed E-state index contributed by atoms with van der Waals surface area (Å²) < 4.78 is 6.34. The smallest absolute Gasteiger partial charge is 0.192 e. The molecule has 0 spiro atoms. The van der Waals surface area contributed by atoms with E-state index in [0.29, 0.717) is 6.17 Å². The molecule has 130 valence electrons. The van der Waals surface area contributed by atoms with E-state index < -0.39 is 8.32 Å². The van der Waals surface area contributed by atoms with Crippen LogP contribution in [0.25, 0.3) is 0 Å². The predicted molar refractivity (Wildman–Crippen MR) is 101 cm³/mol. The Morgan fingerprint density at radius 3 is 2.61 bits per heavy atom. The van der Waals surface area contributed by atoms with Gasteiger partial charge in [0.2, 0.25) is 0 Å². The first-order valence-corrected chi connectivity index (χ1v) is 11.6. The van der Waals surface area contributed by atoms with Crippen molar-refractivity contribution < 1.29 is 4.43 Å². The minimum absolute atomic E-state index is 0.276. The second-order valence-electron chi connectivity index (χ2n) is 7.88. The number of benzene rings is 1. The van der Waals surface area contributed by atoms with Crippen LogP contribution in [0.1, 0.15) is 20.8 Å². The first-order chi connectivity index (χ1) is 10.8. The molecule has 1 aromatic rings. The molecule has 5 heteroatoms. The minimum atomic E-state index is -1.65.